The number of ether oxygens (including phenoxy) is 1. The molecule has 1 saturated carbocycles. The summed E-state index contributed by atoms with van der Waals surface area (Å²) in [7, 11) is 1.81. The summed E-state index contributed by atoms with van der Waals surface area (Å²) >= 11 is 0. The van der Waals surface area contributed by atoms with Crippen LogP contribution < -0.4 is 0 Å². The zero-order valence-electron chi connectivity index (χ0n) is 24.3. The molecular weight excluding hydrogens is 454 g/mol. The molecule has 2 aliphatic rings. The molecule has 0 spiro atoms. The topological polar surface area (TPSA) is 38.7 Å². The summed E-state index contributed by atoms with van der Waals surface area (Å²) in [6.07, 6.45) is 20.1. The van der Waals surface area contributed by atoms with Crippen molar-refractivity contribution in [1.29, 1.82) is 0 Å². The van der Waals surface area contributed by atoms with Gasteiger partial charge in [-0.05, 0) is 99.3 Å². The van der Waals surface area contributed by atoms with Crippen LogP contribution in [-0.4, -0.2) is 25.1 Å². The van der Waals surface area contributed by atoms with Gasteiger partial charge in [-0.1, -0.05) is 70.1 Å². The fourth-order valence-corrected chi connectivity index (χ4v) is 5.94. The lowest BCUT2D eigenvalue weighted by Gasteiger charge is -2.17. The molecule has 3 heteroatoms. The Bertz CT molecular complexity index is 1050. The van der Waals surface area contributed by atoms with Crippen molar-refractivity contribution in [2.75, 3.05) is 13.7 Å². The molecule has 0 saturated heterocycles. The molecule has 2 aliphatic carbocycles. The van der Waals surface area contributed by atoms with Gasteiger partial charge in [0.15, 0.2) is 5.78 Å². The van der Waals surface area contributed by atoms with Gasteiger partial charge < -0.3 is 4.74 Å². The third-order valence-corrected chi connectivity index (χ3v) is 8.42. The summed E-state index contributed by atoms with van der Waals surface area (Å²) in [5, 5.41) is 0. The molecule has 0 N–H and O–H groups in total. The van der Waals surface area contributed by atoms with Gasteiger partial charge in [0.2, 0.25) is 0 Å². The lowest BCUT2D eigenvalue weighted by Crippen LogP contribution is -2.15. The lowest BCUT2D eigenvalue weighted by atomic mass is 9.86. The van der Waals surface area contributed by atoms with Gasteiger partial charge in [-0.15, -0.1) is 0 Å². The number of aryl methyl sites for hydroxylation is 2. The van der Waals surface area contributed by atoms with Gasteiger partial charge in [0.1, 0.15) is 5.76 Å². The highest BCUT2D eigenvalue weighted by Crippen LogP contribution is 2.30. The van der Waals surface area contributed by atoms with Crippen LogP contribution in [0.4, 0.5) is 0 Å². The number of carbonyl (C=O) groups is 1. The van der Waals surface area contributed by atoms with Crippen LogP contribution in [0.25, 0.3) is 0 Å². The average molecular weight is 504 g/mol. The highest BCUT2D eigenvalue weighted by molar-refractivity contribution is 6.05. The number of hydrogen-bond donors (Lipinski definition) is 0. The minimum Gasteiger partial charge on any atom is -0.494 e. The number of rotatable bonds is 11. The minimum atomic E-state index is -0.0867. The van der Waals surface area contributed by atoms with Crippen LogP contribution in [0.5, 0.6) is 0 Å². The number of carbonyl (C=O) groups excluding carboxylic acids is 1. The van der Waals surface area contributed by atoms with E-state index in [1.165, 1.54) is 61.7 Å². The molecule has 1 atom stereocenters. The molecule has 1 fully saturated rings. The second-order valence-corrected chi connectivity index (χ2v) is 11.2. The maximum absolute atomic E-state index is 13.6. The number of Topliss-reactive ketones (excluding diaryl/α,β-unsaturated/α-hetero) is 1. The number of ketones is 1. The van der Waals surface area contributed by atoms with Crippen molar-refractivity contribution in [2.45, 2.75) is 105 Å². The van der Waals surface area contributed by atoms with E-state index in [1.54, 1.807) is 7.05 Å². The number of nitrogens with zero attached hydrogens (tertiary/aromatic N) is 1. The molecule has 0 heterocycles. The smallest absolute Gasteiger partial charge is 0.166 e. The van der Waals surface area contributed by atoms with Crippen molar-refractivity contribution in [1.82, 2.24) is 0 Å². The van der Waals surface area contributed by atoms with Gasteiger partial charge in [0.05, 0.1) is 6.61 Å². The van der Waals surface area contributed by atoms with E-state index in [4.69, 9.17) is 4.74 Å². The Morgan fingerprint density at radius 3 is 2.43 bits per heavy atom. The molecule has 0 aliphatic heterocycles. The Morgan fingerprint density at radius 1 is 1.05 bits per heavy atom. The fraction of sp³-hybridized carbons (Fsp3) is 0.588. The Hall–Kier alpha value is -2.42. The standard InChI is InChI=1S/C34H49NO2/c1-7-29-16-18-31(37-20-12-15-28-13-10-8-9-11-14-28)19-17-30(29)22-26(4)34(36)33-23-32(27(5)35-6)24(2)21-25(33)3/h17-19,21,23,26,28H,7-16,20,22H2,1-6H3. The Kier molecular flexibility index (Phi) is 11.4. The first kappa shape index (κ1) is 29.1. The Balaban J connectivity index is 1.61. The molecular formula is C34H49NO2. The molecule has 1 unspecified atom stereocenters. The van der Waals surface area contributed by atoms with Crippen molar-refractivity contribution >= 4 is 11.5 Å². The molecule has 3 rings (SSSR count). The van der Waals surface area contributed by atoms with Crippen LogP contribution in [0.1, 0.15) is 118 Å². The van der Waals surface area contributed by atoms with Gasteiger partial charge in [-0.25, -0.2) is 0 Å². The zero-order valence-corrected chi connectivity index (χ0v) is 24.3. The maximum Gasteiger partial charge on any atom is 0.166 e. The number of allylic oxidation sites excluding steroid dienone is 5. The predicted octanol–water partition coefficient (Wildman–Crippen LogP) is 9.27. The summed E-state index contributed by atoms with van der Waals surface area (Å²) in [4.78, 5) is 17.9. The van der Waals surface area contributed by atoms with Crippen molar-refractivity contribution in [3.8, 4) is 0 Å². The van der Waals surface area contributed by atoms with Crippen LogP contribution in [0.3, 0.4) is 0 Å². The molecule has 0 bridgehead atoms. The summed E-state index contributed by atoms with van der Waals surface area (Å²) in [5.41, 5.74) is 7.76. The maximum atomic E-state index is 13.6. The van der Waals surface area contributed by atoms with E-state index in [0.717, 1.165) is 66.4 Å². The summed E-state index contributed by atoms with van der Waals surface area (Å²) in [5.74, 6) is 2.01. The molecule has 0 amide bonds. The van der Waals surface area contributed by atoms with Crippen LogP contribution in [-0.2, 0) is 4.74 Å². The third-order valence-electron chi connectivity index (χ3n) is 8.42. The van der Waals surface area contributed by atoms with E-state index in [2.05, 4.69) is 50.1 Å². The summed E-state index contributed by atoms with van der Waals surface area (Å²) < 4.78 is 6.19. The first-order valence-electron chi connectivity index (χ1n) is 14.6. The number of hydrogen-bond acceptors (Lipinski definition) is 3. The third kappa shape index (κ3) is 8.28. The van der Waals surface area contributed by atoms with Crippen molar-refractivity contribution in [2.24, 2.45) is 16.8 Å². The Labute approximate surface area is 226 Å². The minimum absolute atomic E-state index is 0.0867. The van der Waals surface area contributed by atoms with Crippen LogP contribution in [0, 0.1) is 25.7 Å². The first-order chi connectivity index (χ1) is 17.8. The first-order valence-corrected chi connectivity index (χ1v) is 14.6. The second-order valence-electron chi connectivity index (χ2n) is 11.2. The van der Waals surface area contributed by atoms with E-state index >= 15 is 0 Å². The highest BCUT2D eigenvalue weighted by Gasteiger charge is 2.21. The summed E-state index contributed by atoms with van der Waals surface area (Å²) in [6.45, 7) is 11.2. The quantitative estimate of drug-likeness (QED) is 0.131. The van der Waals surface area contributed by atoms with E-state index in [-0.39, 0.29) is 11.7 Å². The molecule has 0 radical (unpaired) electrons. The number of aliphatic imine (C=N–C) groups is 1. The van der Waals surface area contributed by atoms with E-state index in [9.17, 15) is 4.79 Å². The molecule has 1 aromatic carbocycles. The predicted molar refractivity (Wildman–Crippen MR) is 158 cm³/mol. The molecule has 202 valence electrons. The fourth-order valence-electron chi connectivity index (χ4n) is 5.94. The van der Waals surface area contributed by atoms with Crippen LogP contribution in [0.15, 0.2) is 52.3 Å². The molecule has 0 aromatic heterocycles. The number of benzene rings is 1. The summed E-state index contributed by atoms with van der Waals surface area (Å²) in [6, 6.07) is 4.17. The molecule has 1 aromatic rings. The van der Waals surface area contributed by atoms with Gasteiger partial charge in [0, 0.05) is 24.2 Å². The van der Waals surface area contributed by atoms with Crippen LogP contribution >= 0.6 is 0 Å². The zero-order chi connectivity index (χ0) is 26.8. The van der Waals surface area contributed by atoms with Gasteiger partial charge in [0.25, 0.3) is 0 Å². The van der Waals surface area contributed by atoms with Crippen molar-refractivity contribution in [3.05, 3.63) is 69.5 Å². The van der Waals surface area contributed by atoms with Gasteiger partial charge in [-0.2, -0.15) is 0 Å². The Morgan fingerprint density at radius 2 is 1.76 bits per heavy atom. The van der Waals surface area contributed by atoms with Crippen molar-refractivity contribution < 1.29 is 9.53 Å². The monoisotopic (exact) mass is 503 g/mol. The van der Waals surface area contributed by atoms with E-state index in [1.807, 2.05) is 19.9 Å². The normalized spacial score (nSPS) is 18.3. The second kappa shape index (κ2) is 14.5. The van der Waals surface area contributed by atoms with Crippen molar-refractivity contribution in [3.63, 3.8) is 0 Å². The lowest BCUT2D eigenvalue weighted by molar-refractivity contribution is 0.0929. The molecule has 37 heavy (non-hydrogen) atoms. The average Bonchev–Trinajstić information content (AvgIpc) is 3.27. The molecule has 3 nitrogen and oxygen atoms in total. The van der Waals surface area contributed by atoms with E-state index in [0.29, 0.717) is 0 Å². The highest BCUT2D eigenvalue weighted by atomic mass is 16.5. The SMILES string of the molecule is CCC1=C(CC(C)C(=O)c2cc(C(C)=NC)c(C)cc2C)C=CC(OCCCC2CCCCCC2)=CC1. The largest absolute Gasteiger partial charge is 0.494 e. The van der Waals surface area contributed by atoms with E-state index < -0.39 is 0 Å². The van der Waals surface area contributed by atoms with Gasteiger partial charge >= 0.3 is 0 Å². The van der Waals surface area contributed by atoms with Crippen LogP contribution in [0.2, 0.25) is 0 Å². The van der Waals surface area contributed by atoms with Gasteiger partial charge in [-0.3, -0.25) is 9.79 Å².